The van der Waals surface area contributed by atoms with Crippen molar-refractivity contribution >= 4 is 0 Å². The normalized spacial score (nSPS) is 20.6. The number of methoxy groups -OCH3 is 1. The monoisotopic (exact) mass is 280 g/mol. The Morgan fingerprint density at radius 1 is 1.45 bits per heavy atom. The molecule has 0 aliphatic carbocycles. The summed E-state index contributed by atoms with van der Waals surface area (Å²) in [5.74, 6) is -0.0387. The molecule has 1 unspecified atom stereocenters. The third kappa shape index (κ3) is 3.30. The van der Waals surface area contributed by atoms with Crippen molar-refractivity contribution in [2.45, 2.75) is 32.7 Å². The molecule has 1 aliphatic heterocycles. The lowest BCUT2D eigenvalue weighted by Gasteiger charge is -2.42. The molecule has 3 nitrogen and oxygen atoms in total. The van der Waals surface area contributed by atoms with Crippen LogP contribution in [-0.2, 0) is 0 Å². The quantitative estimate of drug-likeness (QED) is 0.921. The summed E-state index contributed by atoms with van der Waals surface area (Å²) < 4.78 is 18.9. The zero-order valence-corrected chi connectivity index (χ0v) is 12.7. The fourth-order valence-corrected chi connectivity index (χ4v) is 3.12. The Morgan fingerprint density at radius 2 is 2.20 bits per heavy atom. The maximum absolute atomic E-state index is 13.9. The van der Waals surface area contributed by atoms with Gasteiger partial charge in [-0.15, -0.1) is 0 Å². The van der Waals surface area contributed by atoms with Crippen LogP contribution in [0.5, 0.6) is 5.75 Å². The topological polar surface area (TPSA) is 38.5 Å². The minimum Gasteiger partial charge on any atom is -0.494 e. The number of nitrogens with two attached hydrogens (primary N) is 1. The van der Waals surface area contributed by atoms with Crippen molar-refractivity contribution in [1.29, 1.82) is 0 Å². The summed E-state index contributed by atoms with van der Waals surface area (Å²) in [6.07, 6.45) is 2.40. The summed E-state index contributed by atoms with van der Waals surface area (Å²) >= 11 is 0. The number of hydrogen-bond acceptors (Lipinski definition) is 3. The Morgan fingerprint density at radius 3 is 2.75 bits per heavy atom. The number of likely N-dealkylation sites (tertiary alicyclic amines) is 1. The molecule has 1 aromatic rings. The van der Waals surface area contributed by atoms with Crippen LogP contribution in [0, 0.1) is 11.2 Å². The average Bonchev–Trinajstić information content (AvgIpc) is 2.39. The van der Waals surface area contributed by atoms with Crippen molar-refractivity contribution in [1.82, 2.24) is 4.90 Å². The Balaban J connectivity index is 2.21. The third-order valence-electron chi connectivity index (χ3n) is 4.15. The molecule has 4 heteroatoms. The fraction of sp³-hybridized carbons (Fsp3) is 0.625. The molecule has 1 saturated heterocycles. The van der Waals surface area contributed by atoms with Crippen LogP contribution >= 0.6 is 0 Å². The molecule has 1 fully saturated rings. The first-order chi connectivity index (χ1) is 9.46. The number of piperidine rings is 1. The van der Waals surface area contributed by atoms with Gasteiger partial charge in [0.05, 0.1) is 7.11 Å². The third-order valence-corrected chi connectivity index (χ3v) is 4.15. The van der Waals surface area contributed by atoms with Crippen molar-refractivity contribution in [3.8, 4) is 5.75 Å². The van der Waals surface area contributed by atoms with E-state index in [1.807, 2.05) is 6.07 Å². The summed E-state index contributed by atoms with van der Waals surface area (Å²) in [4.78, 5) is 2.38. The van der Waals surface area contributed by atoms with Crippen LogP contribution in [0.2, 0.25) is 0 Å². The number of halogens is 1. The lowest BCUT2D eigenvalue weighted by molar-refractivity contribution is 0.0805. The first-order valence-corrected chi connectivity index (χ1v) is 7.24. The van der Waals surface area contributed by atoms with Crippen molar-refractivity contribution in [2.24, 2.45) is 11.1 Å². The zero-order valence-electron chi connectivity index (χ0n) is 12.7. The standard InChI is InChI=1S/C16H25FN2O/c1-16(2)7-4-8-19(11-16)14(10-18)12-5-6-15(20-3)13(17)9-12/h5-6,9,14H,4,7-8,10-11,18H2,1-3H3. The van der Waals surface area contributed by atoms with E-state index in [0.717, 1.165) is 18.7 Å². The van der Waals surface area contributed by atoms with E-state index in [1.165, 1.54) is 20.0 Å². The molecule has 0 amide bonds. The van der Waals surface area contributed by atoms with E-state index in [2.05, 4.69) is 18.7 Å². The predicted octanol–water partition coefficient (Wildman–Crippen LogP) is 2.96. The number of benzene rings is 1. The van der Waals surface area contributed by atoms with Crippen LogP contribution < -0.4 is 10.5 Å². The molecule has 0 aromatic heterocycles. The molecule has 20 heavy (non-hydrogen) atoms. The summed E-state index contributed by atoms with van der Waals surface area (Å²) in [6, 6.07) is 5.23. The molecule has 1 heterocycles. The van der Waals surface area contributed by atoms with E-state index >= 15 is 0 Å². The second-order valence-corrected chi connectivity index (χ2v) is 6.38. The second kappa shape index (κ2) is 6.10. The lowest BCUT2D eigenvalue weighted by atomic mass is 9.83. The summed E-state index contributed by atoms with van der Waals surface area (Å²) in [5, 5.41) is 0. The van der Waals surface area contributed by atoms with Crippen molar-refractivity contribution in [3.05, 3.63) is 29.6 Å². The van der Waals surface area contributed by atoms with Crippen LogP contribution in [0.15, 0.2) is 18.2 Å². The van der Waals surface area contributed by atoms with E-state index in [1.54, 1.807) is 12.1 Å². The average molecular weight is 280 g/mol. The molecular formula is C16H25FN2O. The second-order valence-electron chi connectivity index (χ2n) is 6.38. The van der Waals surface area contributed by atoms with Gasteiger partial charge in [0.2, 0.25) is 0 Å². The molecular weight excluding hydrogens is 255 g/mol. The maximum atomic E-state index is 13.9. The Kier molecular flexibility index (Phi) is 4.66. The van der Waals surface area contributed by atoms with Gasteiger partial charge in [-0.3, -0.25) is 4.90 Å². The first kappa shape index (κ1) is 15.3. The van der Waals surface area contributed by atoms with Crippen molar-refractivity contribution in [2.75, 3.05) is 26.7 Å². The van der Waals surface area contributed by atoms with Gasteiger partial charge < -0.3 is 10.5 Å². The number of rotatable bonds is 4. The van der Waals surface area contributed by atoms with Gasteiger partial charge in [-0.05, 0) is 42.5 Å². The number of ether oxygens (including phenoxy) is 1. The molecule has 0 saturated carbocycles. The Bertz CT molecular complexity index is 462. The first-order valence-electron chi connectivity index (χ1n) is 7.24. The highest BCUT2D eigenvalue weighted by Crippen LogP contribution is 2.34. The van der Waals surface area contributed by atoms with E-state index in [4.69, 9.17) is 10.5 Å². The van der Waals surface area contributed by atoms with Crippen molar-refractivity contribution in [3.63, 3.8) is 0 Å². The molecule has 0 spiro atoms. The van der Waals surface area contributed by atoms with Crippen LogP contribution in [0.3, 0.4) is 0 Å². The van der Waals surface area contributed by atoms with Gasteiger partial charge in [0, 0.05) is 19.1 Å². The van der Waals surface area contributed by atoms with Crippen molar-refractivity contribution < 1.29 is 9.13 Å². The van der Waals surface area contributed by atoms with Crippen LogP contribution in [0.25, 0.3) is 0 Å². The minimum atomic E-state index is -0.320. The number of nitrogens with zero attached hydrogens (tertiary/aromatic N) is 1. The smallest absolute Gasteiger partial charge is 0.165 e. The fourth-order valence-electron chi connectivity index (χ4n) is 3.12. The molecule has 1 aliphatic rings. The molecule has 112 valence electrons. The van der Waals surface area contributed by atoms with Crippen LogP contribution in [0.4, 0.5) is 4.39 Å². The highest BCUT2D eigenvalue weighted by atomic mass is 19.1. The minimum absolute atomic E-state index is 0.0787. The number of hydrogen-bond donors (Lipinski definition) is 1. The lowest BCUT2D eigenvalue weighted by Crippen LogP contribution is -2.44. The van der Waals surface area contributed by atoms with Gasteiger partial charge in [-0.2, -0.15) is 0 Å². The van der Waals surface area contributed by atoms with Crippen LogP contribution in [-0.4, -0.2) is 31.6 Å². The Hall–Kier alpha value is -1.13. The van der Waals surface area contributed by atoms with E-state index in [9.17, 15) is 4.39 Å². The predicted molar refractivity (Wildman–Crippen MR) is 79.3 cm³/mol. The Labute approximate surface area is 120 Å². The van der Waals surface area contributed by atoms with Gasteiger partial charge in [0.15, 0.2) is 11.6 Å². The molecule has 1 atom stereocenters. The maximum Gasteiger partial charge on any atom is 0.165 e. The highest BCUT2D eigenvalue weighted by Gasteiger charge is 2.30. The largest absolute Gasteiger partial charge is 0.494 e. The zero-order chi connectivity index (χ0) is 14.8. The van der Waals surface area contributed by atoms with Gasteiger partial charge in [0.1, 0.15) is 0 Å². The van der Waals surface area contributed by atoms with Gasteiger partial charge in [-0.1, -0.05) is 19.9 Å². The van der Waals surface area contributed by atoms with Gasteiger partial charge >= 0.3 is 0 Å². The SMILES string of the molecule is COc1ccc(C(CN)N2CCCC(C)(C)C2)cc1F. The molecule has 2 rings (SSSR count). The molecule has 1 aromatic carbocycles. The van der Waals surface area contributed by atoms with E-state index in [0.29, 0.717) is 12.0 Å². The van der Waals surface area contributed by atoms with E-state index in [-0.39, 0.29) is 17.6 Å². The molecule has 0 radical (unpaired) electrons. The molecule has 2 N–H and O–H groups in total. The van der Waals surface area contributed by atoms with Gasteiger partial charge in [0.25, 0.3) is 0 Å². The molecule has 0 bridgehead atoms. The summed E-state index contributed by atoms with van der Waals surface area (Å²) in [7, 11) is 1.48. The van der Waals surface area contributed by atoms with E-state index < -0.39 is 0 Å². The summed E-state index contributed by atoms with van der Waals surface area (Å²) in [5.41, 5.74) is 7.19. The van der Waals surface area contributed by atoms with Crippen LogP contribution in [0.1, 0.15) is 38.3 Å². The summed E-state index contributed by atoms with van der Waals surface area (Å²) in [6.45, 7) is 7.09. The van der Waals surface area contributed by atoms with Gasteiger partial charge in [-0.25, -0.2) is 4.39 Å². The highest BCUT2D eigenvalue weighted by molar-refractivity contribution is 5.31.